The monoisotopic (exact) mass is 462 g/mol. The molecule has 0 spiro atoms. The van der Waals surface area contributed by atoms with Gasteiger partial charge in [-0.3, -0.25) is 4.57 Å². The summed E-state index contributed by atoms with van der Waals surface area (Å²) in [6.45, 7) is 1.87. The van der Waals surface area contributed by atoms with Gasteiger partial charge >= 0.3 is 0 Å². The van der Waals surface area contributed by atoms with Gasteiger partial charge in [0.2, 0.25) is 0 Å². The van der Waals surface area contributed by atoms with Crippen molar-refractivity contribution in [2.45, 2.75) is 18.7 Å². The number of anilines is 1. The molecule has 9 heteroatoms. The molecule has 4 aromatic rings. The van der Waals surface area contributed by atoms with Crippen LogP contribution in [0.15, 0.2) is 55.0 Å². The third-order valence-corrected chi connectivity index (χ3v) is 6.87. The SMILES string of the molecule is CN(C)[C@@H]1CN(c2ccc3c(c2)Cn2cc(-c4ccc(F)cc4F)cc2-c2nncn2-3)C[C@H]1O. The Morgan fingerprint density at radius 2 is 1.91 bits per heavy atom. The Labute approximate surface area is 195 Å². The summed E-state index contributed by atoms with van der Waals surface area (Å²) < 4.78 is 31.9. The van der Waals surface area contributed by atoms with E-state index in [0.717, 1.165) is 35.2 Å². The first-order chi connectivity index (χ1) is 16.4. The topological polar surface area (TPSA) is 62.3 Å². The zero-order chi connectivity index (χ0) is 23.6. The molecule has 34 heavy (non-hydrogen) atoms. The van der Waals surface area contributed by atoms with Gasteiger partial charge in [0.05, 0.1) is 23.5 Å². The highest BCUT2D eigenvalue weighted by Crippen LogP contribution is 2.36. The number of hydrogen-bond acceptors (Lipinski definition) is 5. The molecule has 6 rings (SSSR count). The van der Waals surface area contributed by atoms with Crippen LogP contribution in [0.25, 0.3) is 28.3 Å². The largest absolute Gasteiger partial charge is 0.390 e. The number of aromatic nitrogens is 4. The molecule has 0 amide bonds. The fourth-order valence-corrected chi connectivity index (χ4v) is 5.09. The quantitative estimate of drug-likeness (QED) is 0.446. The highest BCUT2D eigenvalue weighted by Gasteiger charge is 2.33. The summed E-state index contributed by atoms with van der Waals surface area (Å²) in [7, 11) is 3.97. The van der Waals surface area contributed by atoms with Gasteiger partial charge in [-0.25, -0.2) is 8.78 Å². The lowest BCUT2D eigenvalue weighted by Crippen LogP contribution is -2.38. The van der Waals surface area contributed by atoms with Crippen molar-refractivity contribution in [2.75, 3.05) is 32.1 Å². The number of halogens is 2. The van der Waals surface area contributed by atoms with Gasteiger partial charge in [-0.2, -0.15) is 0 Å². The van der Waals surface area contributed by atoms with Crippen LogP contribution < -0.4 is 4.90 Å². The predicted molar refractivity (Wildman–Crippen MR) is 125 cm³/mol. The van der Waals surface area contributed by atoms with Gasteiger partial charge < -0.3 is 19.5 Å². The third-order valence-electron chi connectivity index (χ3n) is 6.87. The molecular weight excluding hydrogens is 438 g/mol. The van der Waals surface area contributed by atoms with Crippen molar-refractivity contribution in [1.29, 1.82) is 0 Å². The number of β-amino-alcohol motifs (C(OH)–C–C–N with tert-alkyl or cyclic N) is 1. The van der Waals surface area contributed by atoms with E-state index in [9.17, 15) is 13.9 Å². The lowest BCUT2D eigenvalue weighted by molar-refractivity contribution is 0.114. The molecule has 0 aliphatic carbocycles. The zero-order valence-electron chi connectivity index (χ0n) is 18.9. The molecule has 2 atom stereocenters. The highest BCUT2D eigenvalue weighted by atomic mass is 19.1. The van der Waals surface area contributed by atoms with Crippen LogP contribution in [-0.4, -0.2) is 68.7 Å². The van der Waals surface area contributed by atoms with Crippen LogP contribution in [0, 0.1) is 11.6 Å². The van der Waals surface area contributed by atoms with Crippen molar-refractivity contribution in [1.82, 2.24) is 24.2 Å². The molecule has 1 N–H and O–H groups in total. The van der Waals surface area contributed by atoms with Gasteiger partial charge in [0.25, 0.3) is 0 Å². The Bertz CT molecular complexity index is 1390. The number of likely N-dealkylation sites (N-methyl/N-ethyl adjacent to an activating group) is 1. The van der Waals surface area contributed by atoms with Crippen molar-refractivity contribution in [2.24, 2.45) is 0 Å². The predicted octanol–water partition coefficient (Wildman–Crippen LogP) is 3.15. The van der Waals surface area contributed by atoms with E-state index >= 15 is 0 Å². The molecule has 7 nitrogen and oxygen atoms in total. The molecule has 0 saturated carbocycles. The number of aliphatic hydroxyl groups excluding tert-OH is 1. The van der Waals surface area contributed by atoms with E-state index in [2.05, 4.69) is 38.2 Å². The molecule has 0 bridgehead atoms. The van der Waals surface area contributed by atoms with Crippen molar-refractivity contribution < 1.29 is 13.9 Å². The first-order valence-electron chi connectivity index (χ1n) is 11.2. The summed E-state index contributed by atoms with van der Waals surface area (Å²) in [5, 5.41) is 18.9. The summed E-state index contributed by atoms with van der Waals surface area (Å²) in [6, 6.07) is 11.8. The van der Waals surface area contributed by atoms with Crippen molar-refractivity contribution >= 4 is 5.69 Å². The fraction of sp³-hybridized carbons (Fsp3) is 0.280. The minimum atomic E-state index is -0.605. The van der Waals surface area contributed by atoms with Gasteiger partial charge in [-0.05, 0) is 56.1 Å². The van der Waals surface area contributed by atoms with Crippen molar-refractivity contribution in [3.63, 3.8) is 0 Å². The van der Waals surface area contributed by atoms with Crippen LogP contribution in [-0.2, 0) is 6.54 Å². The zero-order valence-corrected chi connectivity index (χ0v) is 18.9. The molecule has 1 fully saturated rings. The second kappa shape index (κ2) is 7.75. The molecule has 2 aromatic heterocycles. The maximum atomic E-state index is 14.5. The van der Waals surface area contributed by atoms with E-state index in [1.165, 1.54) is 12.1 Å². The van der Waals surface area contributed by atoms with Gasteiger partial charge in [0.15, 0.2) is 5.82 Å². The molecule has 0 unspecified atom stereocenters. The molecule has 2 aliphatic heterocycles. The summed E-state index contributed by atoms with van der Waals surface area (Å²) >= 11 is 0. The van der Waals surface area contributed by atoms with Crippen LogP contribution in [0.1, 0.15) is 5.56 Å². The number of nitrogens with zero attached hydrogens (tertiary/aromatic N) is 6. The molecule has 2 aliphatic rings. The van der Waals surface area contributed by atoms with Crippen molar-refractivity contribution in [3.05, 3.63) is 72.2 Å². The second-order valence-corrected chi connectivity index (χ2v) is 9.21. The molecule has 1 saturated heterocycles. The number of fused-ring (bicyclic) bond motifs is 5. The standard InChI is InChI=1S/C25H24F2N6O/c1-30(2)23-12-31(13-24(23)34)18-4-6-21-16(7-18)11-32-10-15(19-5-3-17(26)9-20(19)27)8-22(32)25-29-28-14-33(21)25/h3-10,14,23-24,34H,11-13H2,1-2H3/t23-,24-/m1/s1. The van der Waals surface area contributed by atoms with E-state index in [1.807, 2.05) is 35.5 Å². The molecular formula is C25H24F2N6O. The van der Waals surface area contributed by atoms with Crippen LogP contribution in [0.3, 0.4) is 0 Å². The Morgan fingerprint density at radius 1 is 1.06 bits per heavy atom. The summed E-state index contributed by atoms with van der Waals surface area (Å²) in [4.78, 5) is 4.25. The van der Waals surface area contributed by atoms with Crippen LogP contribution in [0.5, 0.6) is 0 Å². The maximum Gasteiger partial charge on any atom is 0.185 e. The Kier molecular flexibility index (Phi) is 4.79. The Hall–Kier alpha value is -3.56. The Morgan fingerprint density at radius 3 is 2.68 bits per heavy atom. The van der Waals surface area contributed by atoms with Crippen LogP contribution in [0.4, 0.5) is 14.5 Å². The summed E-state index contributed by atoms with van der Waals surface area (Å²) in [5.74, 6) is -0.552. The van der Waals surface area contributed by atoms with Gasteiger partial charge in [-0.1, -0.05) is 0 Å². The molecule has 0 radical (unpaired) electrons. The minimum absolute atomic E-state index is 0.0764. The average molecular weight is 463 g/mol. The number of hydrogen-bond donors (Lipinski definition) is 1. The van der Waals surface area contributed by atoms with E-state index in [-0.39, 0.29) is 6.04 Å². The van der Waals surface area contributed by atoms with E-state index in [4.69, 9.17) is 0 Å². The van der Waals surface area contributed by atoms with Crippen LogP contribution in [0.2, 0.25) is 0 Å². The molecule has 4 heterocycles. The third kappa shape index (κ3) is 3.31. The number of benzene rings is 2. The highest BCUT2D eigenvalue weighted by molar-refractivity contribution is 5.72. The van der Waals surface area contributed by atoms with Gasteiger partial charge in [-0.15, -0.1) is 10.2 Å². The lowest BCUT2D eigenvalue weighted by atomic mass is 10.1. The first kappa shape index (κ1) is 21.0. The van der Waals surface area contributed by atoms with Gasteiger partial charge in [0, 0.05) is 48.7 Å². The van der Waals surface area contributed by atoms with E-state index < -0.39 is 17.7 Å². The fourth-order valence-electron chi connectivity index (χ4n) is 5.09. The lowest BCUT2D eigenvalue weighted by Gasteiger charge is -2.23. The molecule has 174 valence electrons. The van der Waals surface area contributed by atoms with E-state index in [1.54, 1.807) is 6.33 Å². The van der Waals surface area contributed by atoms with Gasteiger partial charge in [0.1, 0.15) is 18.0 Å². The first-order valence-corrected chi connectivity index (χ1v) is 11.2. The maximum absolute atomic E-state index is 14.5. The summed E-state index contributed by atoms with van der Waals surface area (Å²) in [6.07, 6.45) is 3.13. The Balaban J connectivity index is 1.42. The normalized spacial score (nSPS) is 19.2. The summed E-state index contributed by atoms with van der Waals surface area (Å²) in [5.41, 5.74) is 4.86. The number of aliphatic hydroxyl groups is 1. The average Bonchev–Trinajstić information content (AvgIpc) is 3.51. The smallest absolute Gasteiger partial charge is 0.185 e. The molecule has 2 aromatic carbocycles. The number of rotatable bonds is 3. The van der Waals surface area contributed by atoms with Crippen molar-refractivity contribution in [3.8, 4) is 28.3 Å². The van der Waals surface area contributed by atoms with Crippen LogP contribution >= 0.6 is 0 Å². The second-order valence-electron chi connectivity index (χ2n) is 9.21. The minimum Gasteiger partial charge on any atom is -0.390 e. The van der Waals surface area contributed by atoms with E-state index in [0.29, 0.717) is 30.0 Å².